The molecular formula is C21H28Br2N2O4. The van der Waals surface area contributed by atoms with Crippen molar-refractivity contribution in [2.24, 2.45) is 5.73 Å². The summed E-state index contributed by atoms with van der Waals surface area (Å²) >= 11 is 6.74. The van der Waals surface area contributed by atoms with Gasteiger partial charge in [0.05, 0.1) is 14.2 Å². The number of halogens is 2. The lowest BCUT2D eigenvalue weighted by Crippen LogP contribution is -2.32. The summed E-state index contributed by atoms with van der Waals surface area (Å²) in [5.74, 6) is 1.57. The molecule has 6 nitrogen and oxygen atoms in total. The van der Waals surface area contributed by atoms with E-state index >= 15 is 0 Å². The van der Waals surface area contributed by atoms with Gasteiger partial charge in [0.15, 0.2) is 0 Å². The van der Waals surface area contributed by atoms with Crippen LogP contribution < -0.4 is 20.5 Å². The van der Waals surface area contributed by atoms with E-state index in [0.717, 1.165) is 31.6 Å². The second-order valence-corrected chi connectivity index (χ2v) is 8.89. The molecule has 160 valence electrons. The first kappa shape index (κ1) is 25.3. The molecule has 0 bridgehead atoms. The second-order valence-electron chi connectivity index (χ2n) is 7.06. The van der Waals surface area contributed by atoms with Crippen molar-refractivity contribution in [2.45, 2.75) is 39.5 Å². The third-order valence-corrected chi connectivity index (χ3v) is 4.32. The van der Waals surface area contributed by atoms with Gasteiger partial charge in [-0.05, 0) is 68.3 Å². The Bertz CT molecular complexity index is 786. The molecule has 0 saturated carbocycles. The smallest absolute Gasteiger partial charge is 0.407 e. The van der Waals surface area contributed by atoms with E-state index in [-0.39, 0.29) is 0 Å². The minimum Gasteiger partial charge on any atom is -0.497 e. The topological polar surface area (TPSA) is 82.8 Å². The second kappa shape index (κ2) is 12.0. The molecule has 0 heterocycles. The summed E-state index contributed by atoms with van der Waals surface area (Å²) in [5.41, 5.74) is 6.98. The highest BCUT2D eigenvalue weighted by Gasteiger charge is 2.15. The summed E-state index contributed by atoms with van der Waals surface area (Å²) in [6.45, 7) is 6.42. The Morgan fingerprint density at radius 1 is 0.931 bits per heavy atom. The number of hydrogen-bond donors (Lipinski definition) is 2. The number of ether oxygens (including phenoxy) is 3. The summed E-state index contributed by atoms with van der Waals surface area (Å²) in [6.07, 6.45) is -0.429. The molecule has 0 fully saturated rings. The number of methoxy groups -OCH3 is 2. The van der Waals surface area contributed by atoms with Crippen LogP contribution in [-0.2, 0) is 17.8 Å². The van der Waals surface area contributed by atoms with E-state index in [0.29, 0.717) is 13.1 Å². The van der Waals surface area contributed by atoms with E-state index in [9.17, 15) is 4.79 Å². The van der Waals surface area contributed by atoms with Crippen molar-refractivity contribution < 1.29 is 19.0 Å². The molecule has 3 N–H and O–H groups in total. The SMILES string of the molecule is COc1cc(Br)cc(CN)c1.COc1cc(Br)cc(CNC(=O)OC(C)(C)C)c1. The number of rotatable bonds is 5. The van der Waals surface area contributed by atoms with Crippen LogP contribution in [0.3, 0.4) is 0 Å². The normalized spacial score (nSPS) is 10.5. The Balaban J connectivity index is 0.000000326. The number of amides is 1. The van der Waals surface area contributed by atoms with Crippen LogP contribution in [0.1, 0.15) is 31.9 Å². The maximum Gasteiger partial charge on any atom is 0.407 e. The lowest BCUT2D eigenvalue weighted by molar-refractivity contribution is 0.0523. The van der Waals surface area contributed by atoms with Gasteiger partial charge < -0.3 is 25.3 Å². The van der Waals surface area contributed by atoms with E-state index in [2.05, 4.69) is 37.2 Å². The first-order valence-corrected chi connectivity index (χ1v) is 10.5. The van der Waals surface area contributed by atoms with Crippen molar-refractivity contribution in [3.63, 3.8) is 0 Å². The predicted molar refractivity (Wildman–Crippen MR) is 122 cm³/mol. The average Bonchev–Trinajstić information content (AvgIpc) is 2.64. The largest absolute Gasteiger partial charge is 0.497 e. The standard InChI is InChI=1S/C13H18BrNO3.C8H10BrNO/c1-13(2,3)18-12(16)15-8-9-5-10(14)7-11(6-9)17-4;1-11-8-3-6(5-10)2-7(9)4-8/h5-7H,8H2,1-4H3,(H,15,16);2-4H,5,10H2,1H3. The van der Waals surface area contributed by atoms with Gasteiger partial charge in [-0.25, -0.2) is 4.79 Å². The van der Waals surface area contributed by atoms with Crippen molar-refractivity contribution in [3.8, 4) is 11.5 Å². The molecule has 1 amide bonds. The van der Waals surface area contributed by atoms with Gasteiger partial charge >= 0.3 is 6.09 Å². The first-order chi connectivity index (χ1) is 13.6. The highest BCUT2D eigenvalue weighted by Crippen LogP contribution is 2.21. The number of carbonyl (C=O) groups excluding carboxylic acids is 1. The quantitative estimate of drug-likeness (QED) is 0.539. The third-order valence-electron chi connectivity index (χ3n) is 3.41. The number of alkyl carbamates (subject to hydrolysis) is 1. The Labute approximate surface area is 189 Å². The molecule has 0 atom stereocenters. The first-order valence-electron chi connectivity index (χ1n) is 8.90. The molecule has 29 heavy (non-hydrogen) atoms. The fraction of sp³-hybridized carbons (Fsp3) is 0.381. The van der Waals surface area contributed by atoms with Crippen LogP contribution >= 0.6 is 31.9 Å². The van der Waals surface area contributed by atoms with E-state index in [4.69, 9.17) is 19.9 Å². The Morgan fingerprint density at radius 3 is 1.86 bits per heavy atom. The summed E-state index contributed by atoms with van der Waals surface area (Å²) < 4.78 is 17.3. The van der Waals surface area contributed by atoms with Crippen molar-refractivity contribution in [2.75, 3.05) is 14.2 Å². The highest BCUT2D eigenvalue weighted by atomic mass is 79.9. The van der Waals surface area contributed by atoms with E-state index in [1.54, 1.807) is 14.2 Å². The van der Waals surface area contributed by atoms with Gasteiger partial charge in [0.25, 0.3) is 0 Å². The van der Waals surface area contributed by atoms with Crippen LogP contribution in [0.5, 0.6) is 11.5 Å². The molecule has 0 radical (unpaired) electrons. The fourth-order valence-electron chi connectivity index (χ4n) is 2.19. The average molecular weight is 532 g/mol. The van der Waals surface area contributed by atoms with Crippen LogP contribution in [0.4, 0.5) is 4.79 Å². The van der Waals surface area contributed by atoms with Gasteiger partial charge in [-0.15, -0.1) is 0 Å². The molecule has 0 aliphatic heterocycles. The highest BCUT2D eigenvalue weighted by molar-refractivity contribution is 9.10. The Morgan fingerprint density at radius 2 is 1.41 bits per heavy atom. The predicted octanol–water partition coefficient (Wildman–Crippen LogP) is 5.40. The molecule has 0 aliphatic rings. The van der Waals surface area contributed by atoms with Crippen LogP contribution in [0.25, 0.3) is 0 Å². The zero-order chi connectivity index (χ0) is 22.0. The number of benzene rings is 2. The summed E-state index contributed by atoms with van der Waals surface area (Å²) in [5, 5.41) is 2.70. The van der Waals surface area contributed by atoms with Gasteiger partial charge in [-0.3, -0.25) is 0 Å². The number of carbonyl (C=O) groups is 1. The number of nitrogens with one attached hydrogen (secondary N) is 1. The lowest BCUT2D eigenvalue weighted by Gasteiger charge is -2.19. The number of nitrogens with two attached hydrogens (primary N) is 1. The van der Waals surface area contributed by atoms with Crippen LogP contribution in [0.15, 0.2) is 45.3 Å². The van der Waals surface area contributed by atoms with E-state index in [1.165, 1.54) is 0 Å². The maximum atomic E-state index is 11.5. The molecule has 0 aromatic heterocycles. The molecule has 8 heteroatoms. The lowest BCUT2D eigenvalue weighted by atomic mass is 10.2. The van der Waals surface area contributed by atoms with Crippen LogP contribution in [0, 0.1) is 0 Å². The van der Waals surface area contributed by atoms with Crippen molar-refractivity contribution in [3.05, 3.63) is 56.5 Å². The van der Waals surface area contributed by atoms with E-state index in [1.807, 2.05) is 57.2 Å². The Kier molecular flexibility index (Phi) is 10.5. The monoisotopic (exact) mass is 530 g/mol. The van der Waals surface area contributed by atoms with Crippen LogP contribution in [-0.4, -0.2) is 25.9 Å². The minimum atomic E-state index is -0.487. The van der Waals surface area contributed by atoms with Gasteiger partial charge in [0.1, 0.15) is 17.1 Å². The molecule has 2 aromatic carbocycles. The summed E-state index contributed by atoms with van der Waals surface area (Å²) in [4.78, 5) is 11.5. The maximum absolute atomic E-state index is 11.5. The van der Waals surface area contributed by atoms with Crippen molar-refractivity contribution >= 4 is 38.0 Å². The van der Waals surface area contributed by atoms with Gasteiger partial charge in [0, 0.05) is 22.0 Å². The molecule has 0 spiro atoms. The fourth-order valence-corrected chi connectivity index (χ4v) is 3.22. The van der Waals surface area contributed by atoms with Crippen LogP contribution in [0.2, 0.25) is 0 Å². The molecule has 0 aliphatic carbocycles. The zero-order valence-corrected chi connectivity index (χ0v) is 20.5. The Hall–Kier alpha value is -1.77. The molecule has 2 aromatic rings. The van der Waals surface area contributed by atoms with E-state index < -0.39 is 11.7 Å². The zero-order valence-electron chi connectivity index (χ0n) is 17.3. The molecule has 0 saturated heterocycles. The van der Waals surface area contributed by atoms with Crippen molar-refractivity contribution in [1.82, 2.24) is 5.32 Å². The summed E-state index contributed by atoms with van der Waals surface area (Å²) in [6, 6.07) is 11.4. The minimum absolute atomic E-state index is 0.394. The molecule has 0 unspecified atom stereocenters. The van der Waals surface area contributed by atoms with Gasteiger partial charge in [-0.2, -0.15) is 0 Å². The summed E-state index contributed by atoms with van der Waals surface area (Å²) in [7, 11) is 3.24. The van der Waals surface area contributed by atoms with Crippen molar-refractivity contribution in [1.29, 1.82) is 0 Å². The number of hydrogen-bond acceptors (Lipinski definition) is 5. The molecule has 2 rings (SSSR count). The van der Waals surface area contributed by atoms with Gasteiger partial charge in [-0.1, -0.05) is 31.9 Å². The van der Waals surface area contributed by atoms with Gasteiger partial charge in [0.2, 0.25) is 0 Å². The molecular weight excluding hydrogens is 504 g/mol. The third kappa shape index (κ3) is 10.5.